The highest BCUT2D eigenvalue weighted by molar-refractivity contribution is 7.44. The molecule has 488 valence electrons. The van der Waals surface area contributed by atoms with Gasteiger partial charge in [-0.05, 0) is 166 Å². The van der Waals surface area contributed by atoms with Crippen molar-refractivity contribution in [1.29, 1.82) is 5.26 Å². The summed E-state index contributed by atoms with van der Waals surface area (Å²) in [6.45, 7) is 20.9. The van der Waals surface area contributed by atoms with Gasteiger partial charge in [-0.1, -0.05) is 120 Å². The molecule has 1 aromatic heterocycles. The second-order valence-electron chi connectivity index (χ2n) is 27.2. The van der Waals surface area contributed by atoms with Crippen LogP contribution in [0.15, 0.2) is 112 Å². The van der Waals surface area contributed by atoms with Gasteiger partial charge in [0, 0.05) is 50.3 Å². The van der Waals surface area contributed by atoms with Crippen LogP contribution in [0.3, 0.4) is 0 Å². The van der Waals surface area contributed by atoms with E-state index >= 15 is 0 Å². The fraction of sp³-hybridized carbons (Fsp3) is 0.597. The predicted molar refractivity (Wildman–Crippen MR) is 352 cm³/mol. The first-order valence-electron chi connectivity index (χ1n) is 33.1. The number of fused-ring (bicyclic) bond motifs is 5. The molecule has 0 spiro atoms. The number of nitrogens with one attached hydrogen (secondary N) is 3. The Labute approximate surface area is 535 Å². The molecule has 3 N–H and O–H groups in total. The van der Waals surface area contributed by atoms with Crippen molar-refractivity contribution in [2.24, 2.45) is 46.3 Å². The molecule has 5 unspecified atom stereocenters. The normalized spacial score (nSPS) is 26.4. The van der Waals surface area contributed by atoms with Gasteiger partial charge in [-0.2, -0.15) is 5.26 Å². The van der Waals surface area contributed by atoms with Crippen LogP contribution in [0.4, 0.5) is 4.79 Å². The van der Waals surface area contributed by atoms with Gasteiger partial charge in [0.1, 0.15) is 35.5 Å². The SMILES string of the molecule is COc1ccc(C(OC[C@H]2O[C@@H](n3cc(/C=C/C(=O)NCCNC(=O)O[C@H]4CC[C@@]5(C)C(=CCC6C5CC[C@@]5(C)C6CC[C@@H]5[C@H](C)CCCC(C)C)C4)c(=O)[nH]c3=O)CC2OP(OCCC#N)N(C(C)C)C(C)C)(c2ccccc2)c2ccc(OC)cc2)cc1. The molecule has 1 aliphatic heterocycles. The van der Waals surface area contributed by atoms with E-state index < -0.39 is 55.8 Å². The molecule has 3 aromatic carbocycles. The van der Waals surface area contributed by atoms with Crippen LogP contribution in [0.2, 0.25) is 0 Å². The highest BCUT2D eigenvalue weighted by Gasteiger charge is 2.59. The second-order valence-corrected chi connectivity index (χ2v) is 28.6. The second kappa shape index (κ2) is 30.5. The first kappa shape index (κ1) is 68.3. The number of hydrogen-bond donors (Lipinski definition) is 3. The van der Waals surface area contributed by atoms with Crippen LogP contribution in [0, 0.1) is 57.7 Å². The van der Waals surface area contributed by atoms with Gasteiger partial charge in [-0.15, -0.1) is 0 Å². The third-order valence-electron chi connectivity index (χ3n) is 20.7. The van der Waals surface area contributed by atoms with Gasteiger partial charge in [-0.3, -0.25) is 19.1 Å². The third kappa shape index (κ3) is 15.3. The molecule has 0 radical (unpaired) electrons. The minimum atomic E-state index is -1.80. The summed E-state index contributed by atoms with van der Waals surface area (Å²) in [5, 5.41) is 15.1. The molecule has 0 bridgehead atoms. The Morgan fingerprint density at radius 3 is 2.17 bits per heavy atom. The standard InChI is InChI=1S/C72H99N6O11P/c1-47(2)17-15-18-50(7)60-32-33-61-59-31-26-55-43-58(35-37-70(55,8)62(59)36-38-71(60,61)9)87-69(82)75-41-40-74-65(79)34-21-51-45-77(68(81)76-67(51)80)66-44-63(89-90(86-42-16-39-73)78(48(3)4)49(5)6)64(88-66)46-85-72(52-19-13-12-14-20-52,53-22-27-56(83-10)28-23-53)54-24-29-57(84-11)30-25-54/h12-14,19-30,34,45,47-50,58-64,66H,15-18,31-33,35-38,40-44,46H2,1-11H3,(H,74,79)(H,75,82)(H,76,80,81)/b34-21+/t50-,58+,59?,60-,61?,62?,63?,64-,66-,70+,71-,90?/m1/s1. The van der Waals surface area contributed by atoms with Crippen molar-refractivity contribution >= 4 is 26.6 Å². The van der Waals surface area contributed by atoms with Crippen LogP contribution < -0.4 is 31.4 Å². The van der Waals surface area contributed by atoms with Gasteiger partial charge in [0.15, 0.2) is 0 Å². The topological polar surface area (TPSA) is 205 Å². The zero-order valence-corrected chi connectivity index (χ0v) is 55.9. The smallest absolute Gasteiger partial charge is 0.407 e. The van der Waals surface area contributed by atoms with Crippen molar-refractivity contribution in [3.8, 4) is 17.6 Å². The zero-order valence-electron chi connectivity index (χ0n) is 55.0. The molecule has 2 amide bonds. The Morgan fingerprint density at radius 1 is 0.856 bits per heavy atom. The number of hydrogen-bond acceptors (Lipinski definition) is 13. The summed E-state index contributed by atoms with van der Waals surface area (Å²) in [6, 6.07) is 27.4. The predicted octanol–water partition coefficient (Wildman–Crippen LogP) is 13.8. The molecule has 1 saturated heterocycles. The summed E-state index contributed by atoms with van der Waals surface area (Å²) in [7, 11) is 1.43. The van der Waals surface area contributed by atoms with Crippen molar-refractivity contribution < 1.29 is 42.3 Å². The number of carbonyl (C=O) groups is 2. The lowest BCUT2D eigenvalue weighted by atomic mass is 9.47. The highest BCUT2D eigenvalue weighted by Crippen LogP contribution is 2.67. The number of nitrogens with zero attached hydrogens (tertiary/aromatic N) is 3. The summed E-state index contributed by atoms with van der Waals surface area (Å²) in [5.74, 6) is 5.40. The Balaban J connectivity index is 0.851. The number of rotatable bonds is 28. The van der Waals surface area contributed by atoms with Crippen molar-refractivity contribution in [3.63, 3.8) is 0 Å². The van der Waals surface area contributed by atoms with E-state index in [4.69, 9.17) is 32.7 Å². The molecule has 4 aliphatic carbocycles. The maximum Gasteiger partial charge on any atom is 0.407 e. The largest absolute Gasteiger partial charge is 0.497 e. The molecule has 17 nitrogen and oxygen atoms in total. The third-order valence-corrected chi connectivity index (χ3v) is 22.8. The minimum Gasteiger partial charge on any atom is -0.497 e. The first-order valence-corrected chi connectivity index (χ1v) is 34.2. The molecule has 4 aromatic rings. The number of carbonyl (C=O) groups excluding carboxylic acids is 2. The van der Waals surface area contributed by atoms with Crippen LogP contribution in [-0.4, -0.2) is 97.1 Å². The van der Waals surface area contributed by atoms with E-state index in [1.54, 1.807) is 14.2 Å². The summed E-state index contributed by atoms with van der Waals surface area (Å²) in [4.78, 5) is 56.3. The number of benzene rings is 3. The minimum absolute atomic E-state index is 0.0120. The van der Waals surface area contributed by atoms with E-state index in [0.717, 1.165) is 72.0 Å². The number of methoxy groups -OCH3 is 2. The van der Waals surface area contributed by atoms with Crippen molar-refractivity contribution in [3.05, 3.63) is 146 Å². The number of nitriles is 1. The first-order chi connectivity index (χ1) is 43.2. The summed E-state index contributed by atoms with van der Waals surface area (Å²) < 4.78 is 48.2. The van der Waals surface area contributed by atoms with E-state index in [-0.39, 0.29) is 68.3 Å². The Kier molecular flexibility index (Phi) is 23.2. The fourth-order valence-electron chi connectivity index (χ4n) is 16.2. The summed E-state index contributed by atoms with van der Waals surface area (Å²) in [5.41, 5.74) is 1.84. The van der Waals surface area contributed by atoms with Crippen molar-refractivity contribution in [2.75, 3.05) is 40.5 Å². The van der Waals surface area contributed by atoms with Crippen molar-refractivity contribution in [1.82, 2.24) is 24.9 Å². The van der Waals surface area contributed by atoms with E-state index in [1.165, 1.54) is 73.4 Å². The van der Waals surface area contributed by atoms with Gasteiger partial charge in [0.05, 0.1) is 51.6 Å². The van der Waals surface area contributed by atoms with E-state index in [1.807, 2.05) is 78.9 Å². The average molecular weight is 1260 g/mol. The van der Waals surface area contributed by atoms with Crippen LogP contribution in [0.1, 0.15) is 174 Å². The quantitative estimate of drug-likeness (QED) is 0.0159. The van der Waals surface area contributed by atoms with Gasteiger partial charge >= 0.3 is 11.8 Å². The van der Waals surface area contributed by atoms with Crippen LogP contribution in [-0.2, 0) is 33.7 Å². The average Bonchev–Trinajstić information content (AvgIpc) is 1.34. The molecule has 9 rings (SSSR count). The Bertz CT molecular complexity index is 3200. The molecule has 12 atom stereocenters. The van der Waals surface area contributed by atoms with Gasteiger partial charge < -0.3 is 43.4 Å². The monoisotopic (exact) mass is 1250 g/mol. The molecule has 3 saturated carbocycles. The molecule has 5 aliphatic rings. The molecular weight excluding hydrogens is 1160 g/mol. The lowest BCUT2D eigenvalue weighted by molar-refractivity contribution is -0.116. The number of aromatic amines is 1. The molecule has 90 heavy (non-hydrogen) atoms. The Morgan fingerprint density at radius 2 is 1.52 bits per heavy atom. The lowest BCUT2D eigenvalue weighted by Crippen LogP contribution is -2.51. The van der Waals surface area contributed by atoms with E-state index in [9.17, 15) is 24.4 Å². The number of ether oxygens (including phenoxy) is 5. The van der Waals surface area contributed by atoms with E-state index in [0.29, 0.717) is 22.8 Å². The van der Waals surface area contributed by atoms with Gasteiger partial charge in [0.25, 0.3) is 14.1 Å². The van der Waals surface area contributed by atoms with Gasteiger partial charge in [-0.25, -0.2) is 14.3 Å². The maximum absolute atomic E-state index is 13.9. The molecule has 18 heteroatoms. The number of aromatic nitrogens is 2. The van der Waals surface area contributed by atoms with Crippen LogP contribution in [0.5, 0.6) is 11.5 Å². The van der Waals surface area contributed by atoms with Gasteiger partial charge in [0.2, 0.25) is 5.91 Å². The molecule has 4 fully saturated rings. The van der Waals surface area contributed by atoms with E-state index in [2.05, 4.69) is 94.7 Å². The fourth-order valence-corrected chi connectivity index (χ4v) is 17.9. The number of alkyl carbamates (subject to hydrolysis) is 1. The summed E-state index contributed by atoms with van der Waals surface area (Å²) >= 11 is 0. The molecule has 2 heterocycles. The molecular formula is C72H99N6O11P. The van der Waals surface area contributed by atoms with Crippen molar-refractivity contribution in [2.45, 2.75) is 188 Å². The zero-order chi connectivity index (χ0) is 64.3. The number of allylic oxidation sites excluding steroid dienone is 1. The van der Waals surface area contributed by atoms with Crippen LogP contribution in [0.25, 0.3) is 6.08 Å². The highest BCUT2D eigenvalue weighted by atomic mass is 31.2. The Hall–Kier alpha value is -6.12. The number of amides is 2. The van der Waals surface area contributed by atoms with Crippen LogP contribution >= 0.6 is 8.53 Å². The summed E-state index contributed by atoms with van der Waals surface area (Å²) in [6.07, 6.45) is 16.6. The maximum atomic E-state index is 13.9. The lowest BCUT2D eigenvalue weighted by Gasteiger charge is -2.58. The number of H-pyrrole nitrogens is 1.